The second kappa shape index (κ2) is 4.44. The summed E-state index contributed by atoms with van der Waals surface area (Å²) < 4.78 is 0. The molecule has 0 N–H and O–H groups in total. The Morgan fingerprint density at radius 1 is 0.778 bits per heavy atom. The number of hydrogen-bond acceptors (Lipinski definition) is 0. The van der Waals surface area contributed by atoms with Crippen molar-refractivity contribution in [3.05, 3.63) is 13.8 Å². The Morgan fingerprint density at radius 3 is 0.889 bits per heavy atom. The molecule has 2 saturated carbocycles. The molecule has 0 aliphatic heterocycles. The van der Waals surface area contributed by atoms with E-state index in [2.05, 4.69) is 13.8 Å². The van der Waals surface area contributed by atoms with Gasteiger partial charge in [0.15, 0.2) is 0 Å². The van der Waals surface area contributed by atoms with E-state index in [1.54, 1.807) is 0 Å². The van der Waals surface area contributed by atoms with Crippen LogP contribution in [0.1, 0.15) is 25.7 Å². The van der Waals surface area contributed by atoms with Crippen LogP contribution in [0.2, 0.25) is 0 Å². The zero-order valence-corrected chi connectivity index (χ0v) is 9.07. The SMILES string of the molecule is [CH2-]C1CC1.[CH2-]C1CC1.[Zn+2]. The smallest absolute Gasteiger partial charge is 0.340 e. The maximum absolute atomic E-state index is 3.75. The summed E-state index contributed by atoms with van der Waals surface area (Å²) in [6.07, 6.45) is 5.50. The zero-order chi connectivity index (χ0) is 5.98. The van der Waals surface area contributed by atoms with Crippen molar-refractivity contribution in [2.45, 2.75) is 25.7 Å². The van der Waals surface area contributed by atoms with Gasteiger partial charge in [-0.05, 0) is 0 Å². The van der Waals surface area contributed by atoms with E-state index in [1.807, 2.05) is 0 Å². The van der Waals surface area contributed by atoms with E-state index >= 15 is 0 Å². The molecule has 0 radical (unpaired) electrons. The first-order valence-electron chi connectivity index (χ1n) is 3.45. The van der Waals surface area contributed by atoms with Gasteiger partial charge in [0.1, 0.15) is 0 Å². The largest absolute Gasteiger partial charge is 2.00 e. The van der Waals surface area contributed by atoms with Gasteiger partial charge in [-0.1, -0.05) is 25.7 Å². The van der Waals surface area contributed by atoms with Crippen molar-refractivity contribution in [1.82, 2.24) is 0 Å². The topological polar surface area (TPSA) is 0 Å². The molecular formula is C8H14Zn. The molecule has 0 nitrogen and oxygen atoms in total. The van der Waals surface area contributed by atoms with Gasteiger partial charge in [-0.15, -0.1) is 0 Å². The molecule has 0 aromatic rings. The minimum atomic E-state index is 0. The van der Waals surface area contributed by atoms with E-state index in [9.17, 15) is 0 Å². The van der Waals surface area contributed by atoms with Crippen LogP contribution in [-0.4, -0.2) is 0 Å². The fourth-order valence-corrected chi connectivity index (χ4v) is 0.236. The summed E-state index contributed by atoms with van der Waals surface area (Å²) in [6, 6.07) is 0. The molecule has 2 aliphatic rings. The Hall–Kier alpha value is 0.623. The fraction of sp³-hybridized carbons (Fsp3) is 0.750. The molecule has 0 heterocycles. The minimum Gasteiger partial charge on any atom is -0.340 e. The average Bonchev–Trinajstić information content (AvgIpc) is 2.47. The summed E-state index contributed by atoms with van der Waals surface area (Å²) in [4.78, 5) is 0. The molecule has 0 saturated heterocycles. The van der Waals surface area contributed by atoms with E-state index in [-0.39, 0.29) is 19.5 Å². The van der Waals surface area contributed by atoms with E-state index in [1.165, 1.54) is 25.7 Å². The van der Waals surface area contributed by atoms with Gasteiger partial charge in [-0.2, -0.15) is 11.8 Å². The summed E-state index contributed by atoms with van der Waals surface area (Å²) in [5.41, 5.74) is 0. The quantitative estimate of drug-likeness (QED) is 0.392. The summed E-state index contributed by atoms with van der Waals surface area (Å²) >= 11 is 0. The fourth-order valence-electron chi connectivity index (χ4n) is 0.236. The average molecular weight is 176 g/mol. The maximum atomic E-state index is 3.75. The first-order chi connectivity index (χ1) is 3.79. The summed E-state index contributed by atoms with van der Waals surface area (Å²) in [6.45, 7) is 7.50. The Kier molecular flexibility index (Phi) is 4.75. The first kappa shape index (κ1) is 9.62. The van der Waals surface area contributed by atoms with Gasteiger partial charge in [-0.25, -0.2) is 0 Å². The van der Waals surface area contributed by atoms with Crippen LogP contribution in [0.5, 0.6) is 0 Å². The molecule has 0 amide bonds. The minimum absolute atomic E-state index is 0. The molecule has 48 valence electrons. The maximum Gasteiger partial charge on any atom is 2.00 e. The zero-order valence-electron chi connectivity index (χ0n) is 6.10. The first-order valence-corrected chi connectivity index (χ1v) is 3.45. The standard InChI is InChI=1S/2C4H7.Zn/c2*1-4-2-3-4;/h2*4H,1-3H2;/q2*-1;+2. The van der Waals surface area contributed by atoms with Gasteiger partial charge in [0.05, 0.1) is 0 Å². The van der Waals surface area contributed by atoms with E-state index in [0.29, 0.717) is 0 Å². The molecule has 0 atom stereocenters. The molecule has 0 bridgehead atoms. The van der Waals surface area contributed by atoms with Crippen LogP contribution < -0.4 is 0 Å². The van der Waals surface area contributed by atoms with Gasteiger partial charge in [-0.3, -0.25) is 0 Å². The summed E-state index contributed by atoms with van der Waals surface area (Å²) in [5, 5.41) is 0. The summed E-state index contributed by atoms with van der Waals surface area (Å²) in [7, 11) is 0. The van der Waals surface area contributed by atoms with Gasteiger partial charge in [0, 0.05) is 0 Å². The molecule has 1 heteroatoms. The second-order valence-corrected chi connectivity index (χ2v) is 2.89. The van der Waals surface area contributed by atoms with Gasteiger partial charge < -0.3 is 13.8 Å². The molecule has 0 aromatic heterocycles. The van der Waals surface area contributed by atoms with Crippen molar-refractivity contribution in [2.24, 2.45) is 11.8 Å². The summed E-state index contributed by atoms with van der Waals surface area (Å²) in [5.74, 6) is 1.67. The predicted octanol–water partition coefficient (Wildman–Crippen LogP) is 2.46. The van der Waals surface area contributed by atoms with Crippen LogP contribution in [0.15, 0.2) is 0 Å². The third-order valence-corrected chi connectivity index (χ3v) is 1.39. The number of hydrogen-bond donors (Lipinski definition) is 0. The van der Waals surface area contributed by atoms with Crippen molar-refractivity contribution < 1.29 is 19.5 Å². The molecule has 0 spiro atoms. The molecule has 9 heavy (non-hydrogen) atoms. The van der Waals surface area contributed by atoms with Gasteiger partial charge in [0.2, 0.25) is 0 Å². The van der Waals surface area contributed by atoms with E-state index < -0.39 is 0 Å². The molecule has 2 aliphatic carbocycles. The molecule has 0 aromatic carbocycles. The van der Waals surface area contributed by atoms with Crippen molar-refractivity contribution in [1.29, 1.82) is 0 Å². The third-order valence-electron chi connectivity index (χ3n) is 1.39. The van der Waals surface area contributed by atoms with Crippen molar-refractivity contribution >= 4 is 0 Å². The van der Waals surface area contributed by atoms with Crippen LogP contribution in [-0.2, 0) is 19.5 Å². The molecular weight excluding hydrogens is 161 g/mol. The molecule has 0 unspecified atom stereocenters. The van der Waals surface area contributed by atoms with Crippen LogP contribution in [0.25, 0.3) is 0 Å². The monoisotopic (exact) mass is 174 g/mol. The molecule has 2 fully saturated rings. The van der Waals surface area contributed by atoms with Crippen LogP contribution >= 0.6 is 0 Å². The van der Waals surface area contributed by atoms with Crippen molar-refractivity contribution in [3.8, 4) is 0 Å². The Balaban J connectivity index is 0.000000128. The number of rotatable bonds is 0. The van der Waals surface area contributed by atoms with E-state index in [4.69, 9.17) is 0 Å². The Labute approximate surface area is 71.2 Å². The normalized spacial score (nSPS) is 23.3. The van der Waals surface area contributed by atoms with Crippen molar-refractivity contribution in [2.75, 3.05) is 0 Å². The van der Waals surface area contributed by atoms with Crippen LogP contribution in [0, 0.1) is 25.7 Å². The van der Waals surface area contributed by atoms with Crippen LogP contribution in [0.3, 0.4) is 0 Å². The van der Waals surface area contributed by atoms with Crippen molar-refractivity contribution in [3.63, 3.8) is 0 Å². The van der Waals surface area contributed by atoms with Gasteiger partial charge >= 0.3 is 19.5 Å². The second-order valence-electron chi connectivity index (χ2n) is 2.89. The van der Waals surface area contributed by atoms with Crippen LogP contribution in [0.4, 0.5) is 0 Å². The molecule has 2 rings (SSSR count). The van der Waals surface area contributed by atoms with Gasteiger partial charge in [0.25, 0.3) is 0 Å². The third kappa shape index (κ3) is 8.62. The predicted molar refractivity (Wildman–Crippen MR) is 36.2 cm³/mol. The Bertz CT molecular complexity index is 53.0. The Morgan fingerprint density at radius 2 is 0.889 bits per heavy atom. The van der Waals surface area contributed by atoms with E-state index in [0.717, 1.165) is 11.8 Å².